The van der Waals surface area contributed by atoms with Gasteiger partial charge in [-0.1, -0.05) is 19.1 Å². The average Bonchev–Trinajstić information content (AvgIpc) is 2.47. The van der Waals surface area contributed by atoms with E-state index in [9.17, 15) is 0 Å². The number of benzene rings is 1. The van der Waals surface area contributed by atoms with Gasteiger partial charge in [0, 0.05) is 19.1 Å². The van der Waals surface area contributed by atoms with Crippen molar-refractivity contribution < 1.29 is 9.47 Å². The molecule has 0 amide bonds. The van der Waals surface area contributed by atoms with Crippen LogP contribution in [0, 0.1) is 0 Å². The van der Waals surface area contributed by atoms with Crippen LogP contribution in [-0.4, -0.2) is 32.9 Å². The van der Waals surface area contributed by atoms with Gasteiger partial charge in [-0.05, 0) is 30.0 Å². The van der Waals surface area contributed by atoms with E-state index in [-0.39, 0.29) is 12.1 Å². The minimum absolute atomic E-state index is 0.0149. The van der Waals surface area contributed by atoms with Crippen LogP contribution in [-0.2, 0) is 11.2 Å². The number of rotatable bonds is 5. The third-order valence-electron chi connectivity index (χ3n) is 3.63. The fraction of sp³-hybridized carbons (Fsp3) is 0.600. The third kappa shape index (κ3) is 3.69. The summed E-state index contributed by atoms with van der Waals surface area (Å²) in [7, 11) is 1.70. The van der Waals surface area contributed by atoms with Gasteiger partial charge >= 0.3 is 0 Å². The lowest BCUT2D eigenvalue weighted by atomic mass is 9.98. The summed E-state index contributed by atoms with van der Waals surface area (Å²) < 4.78 is 11.0. The number of hydrogen-bond acceptors (Lipinski definition) is 4. The van der Waals surface area contributed by atoms with Crippen molar-refractivity contribution >= 4 is 0 Å². The Balaban J connectivity index is 2.03. The topological polar surface area (TPSA) is 56.5 Å². The molecule has 0 spiro atoms. The lowest BCUT2D eigenvalue weighted by Gasteiger charge is -2.26. The highest BCUT2D eigenvalue weighted by Gasteiger charge is 2.18. The Hall–Kier alpha value is -1.10. The Labute approximate surface area is 115 Å². The van der Waals surface area contributed by atoms with E-state index in [1.54, 1.807) is 7.11 Å². The summed E-state index contributed by atoms with van der Waals surface area (Å²) in [6.45, 7) is 4.74. The molecule has 1 aliphatic heterocycles. The van der Waals surface area contributed by atoms with Crippen molar-refractivity contribution in [3.8, 4) is 5.75 Å². The second-order valence-electron chi connectivity index (χ2n) is 4.96. The highest BCUT2D eigenvalue weighted by Crippen LogP contribution is 2.25. The van der Waals surface area contributed by atoms with Crippen molar-refractivity contribution in [3.05, 3.63) is 29.3 Å². The van der Waals surface area contributed by atoms with Crippen molar-refractivity contribution in [1.82, 2.24) is 5.32 Å². The molecule has 3 N–H and O–H groups in total. The van der Waals surface area contributed by atoms with Gasteiger partial charge in [0.05, 0.1) is 19.8 Å². The predicted octanol–water partition coefficient (Wildman–Crippen LogP) is 1.64. The molecule has 106 valence electrons. The molecule has 1 fully saturated rings. The first-order chi connectivity index (χ1) is 9.24. The highest BCUT2D eigenvalue weighted by molar-refractivity contribution is 5.38. The first-order valence-corrected chi connectivity index (χ1v) is 6.99. The Morgan fingerprint density at radius 1 is 1.53 bits per heavy atom. The zero-order valence-corrected chi connectivity index (χ0v) is 11.8. The quantitative estimate of drug-likeness (QED) is 0.849. The fourth-order valence-corrected chi connectivity index (χ4v) is 2.50. The molecule has 2 unspecified atom stereocenters. The van der Waals surface area contributed by atoms with Crippen LogP contribution in [0.3, 0.4) is 0 Å². The number of nitrogens with one attached hydrogen (secondary N) is 1. The summed E-state index contributed by atoms with van der Waals surface area (Å²) in [6.07, 6.45) is 2.02. The summed E-state index contributed by atoms with van der Waals surface area (Å²) in [5.41, 5.74) is 8.66. The molecule has 4 heteroatoms. The molecule has 1 aromatic carbocycles. The van der Waals surface area contributed by atoms with E-state index in [2.05, 4.69) is 24.4 Å². The molecule has 0 bridgehead atoms. The summed E-state index contributed by atoms with van der Waals surface area (Å²) in [5.74, 6) is 0.939. The van der Waals surface area contributed by atoms with Crippen molar-refractivity contribution in [2.45, 2.75) is 31.9 Å². The summed E-state index contributed by atoms with van der Waals surface area (Å²) in [4.78, 5) is 0. The Morgan fingerprint density at radius 3 is 3.00 bits per heavy atom. The van der Waals surface area contributed by atoms with E-state index in [1.807, 2.05) is 6.07 Å². The number of ether oxygens (including phenoxy) is 2. The molecule has 0 radical (unpaired) electrons. The van der Waals surface area contributed by atoms with E-state index < -0.39 is 0 Å². The van der Waals surface area contributed by atoms with Crippen LogP contribution in [0.15, 0.2) is 18.2 Å². The maximum atomic E-state index is 6.29. The van der Waals surface area contributed by atoms with Gasteiger partial charge < -0.3 is 20.5 Å². The first-order valence-electron chi connectivity index (χ1n) is 6.99. The maximum Gasteiger partial charge on any atom is 0.122 e. The Kier molecular flexibility index (Phi) is 5.19. The van der Waals surface area contributed by atoms with E-state index in [0.717, 1.165) is 43.9 Å². The van der Waals surface area contributed by atoms with Gasteiger partial charge in [0.2, 0.25) is 0 Å². The Bertz CT molecular complexity index is 403. The fourth-order valence-electron chi connectivity index (χ4n) is 2.50. The van der Waals surface area contributed by atoms with Gasteiger partial charge in [-0.2, -0.15) is 0 Å². The van der Waals surface area contributed by atoms with Crippen molar-refractivity contribution in [2.24, 2.45) is 5.73 Å². The van der Waals surface area contributed by atoms with Crippen molar-refractivity contribution in [1.29, 1.82) is 0 Å². The monoisotopic (exact) mass is 264 g/mol. The van der Waals surface area contributed by atoms with Gasteiger partial charge in [-0.25, -0.2) is 0 Å². The van der Waals surface area contributed by atoms with Crippen LogP contribution in [0.1, 0.15) is 30.5 Å². The number of nitrogens with two attached hydrogens (primary N) is 1. The smallest absolute Gasteiger partial charge is 0.122 e. The normalized spacial score (nSPS) is 21.1. The molecule has 4 nitrogen and oxygen atoms in total. The van der Waals surface area contributed by atoms with Gasteiger partial charge in [0.25, 0.3) is 0 Å². The van der Waals surface area contributed by atoms with E-state index in [1.165, 1.54) is 5.56 Å². The van der Waals surface area contributed by atoms with Gasteiger partial charge in [0.15, 0.2) is 0 Å². The minimum atomic E-state index is 0.0149. The number of morpholine rings is 1. The molecule has 1 saturated heterocycles. The van der Waals surface area contributed by atoms with Crippen LogP contribution in [0.4, 0.5) is 0 Å². The maximum absolute atomic E-state index is 6.29. The lowest BCUT2D eigenvalue weighted by molar-refractivity contribution is 0.0195. The number of aryl methyl sites for hydroxylation is 1. The average molecular weight is 264 g/mol. The summed E-state index contributed by atoms with van der Waals surface area (Å²) in [6, 6.07) is 6.23. The predicted molar refractivity (Wildman–Crippen MR) is 76.5 cm³/mol. The van der Waals surface area contributed by atoms with Gasteiger partial charge in [-0.3, -0.25) is 0 Å². The second kappa shape index (κ2) is 6.89. The Morgan fingerprint density at radius 2 is 2.37 bits per heavy atom. The van der Waals surface area contributed by atoms with Crippen LogP contribution in [0.2, 0.25) is 0 Å². The lowest BCUT2D eigenvalue weighted by Crippen LogP contribution is -2.40. The standard InChI is InChI=1S/C15H24N2O2/c1-3-11-8-12(4-5-15(11)18-2)14(16)9-13-10-17-6-7-19-13/h4-5,8,13-14,17H,3,6-7,9-10,16H2,1-2H3. The van der Waals surface area contributed by atoms with E-state index in [0.29, 0.717) is 0 Å². The molecule has 19 heavy (non-hydrogen) atoms. The van der Waals surface area contributed by atoms with Gasteiger partial charge in [-0.15, -0.1) is 0 Å². The molecule has 1 heterocycles. The zero-order valence-electron chi connectivity index (χ0n) is 11.8. The molecular formula is C15H24N2O2. The van der Waals surface area contributed by atoms with Crippen molar-refractivity contribution in [2.75, 3.05) is 26.8 Å². The van der Waals surface area contributed by atoms with Crippen molar-refractivity contribution in [3.63, 3.8) is 0 Å². The van der Waals surface area contributed by atoms with E-state index in [4.69, 9.17) is 15.2 Å². The zero-order chi connectivity index (χ0) is 13.7. The van der Waals surface area contributed by atoms with E-state index >= 15 is 0 Å². The van der Waals surface area contributed by atoms with Crippen LogP contribution in [0.5, 0.6) is 5.75 Å². The SMILES string of the molecule is CCc1cc(C(N)CC2CNCCO2)ccc1OC. The second-order valence-corrected chi connectivity index (χ2v) is 4.96. The van der Waals surface area contributed by atoms with Crippen LogP contribution >= 0.6 is 0 Å². The number of methoxy groups -OCH3 is 1. The van der Waals surface area contributed by atoms with Crippen LogP contribution < -0.4 is 15.8 Å². The molecule has 2 rings (SSSR count). The summed E-state index contributed by atoms with van der Waals surface area (Å²) in [5, 5.41) is 3.33. The number of hydrogen-bond donors (Lipinski definition) is 2. The summed E-state index contributed by atoms with van der Waals surface area (Å²) >= 11 is 0. The first kappa shape index (κ1) is 14.3. The van der Waals surface area contributed by atoms with Gasteiger partial charge in [0.1, 0.15) is 5.75 Å². The molecule has 0 aromatic heterocycles. The molecule has 1 aromatic rings. The molecule has 0 aliphatic carbocycles. The van der Waals surface area contributed by atoms with Crippen LogP contribution in [0.25, 0.3) is 0 Å². The third-order valence-corrected chi connectivity index (χ3v) is 3.63. The minimum Gasteiger partial charge on any atom is -0.496 e. The molecule has 0 saturated carbocycles. The highest BCUT2D eigenvalue weighted by atomic mass is 16.5. The molecule has 1 aliphatic rings. The molecule has 2 atom stereocenters. The molecular weight excluding hydrogens is 240 g/mol. The largest absolute Gasteiger partial charge is 0.496 e.